The van der Waals surface area contributed by atoms with Gasteiger partial charge in [0.1, 0.15) is 11.3 Å². The molecule has 50 valence electrons. The maximum Gasteiger partial charge on any atom is 0.187 e. The summed E-state index contributed by atoms with van der Waals surface area (Å²) in [6, 6.07) is 0. The molecule has 0 bridgehead atoms. The Morgan fingerprint density at radius 1 is 1.56 bits per heavy atom. The van der Waals surface area contributed by atoms with E-state index in [1.165, 1.54) is 0 Å². The van der Waals surface area contributed by atoms with Crippen LogP contribution in [0.25, 0.3) is 0 Å². The van der Waals surface area contributed by atoms with Crippen LogP contribution in [0.2, 0.25) is 0 Å². The Labute approximate surface area is 55.2 Å². The molecule has 9 heavy (non-hydrogen) atoms. The minimum absolute atomic E-state index is 0.204. The quantitative estimate of drug-likeness (QED) is 0.483. The topological polar surface area (TPSA) is 21.6 Å². The standard InChI is InChI=1S/C7H11NO/c1-5-7(3,4)8-6(2)9-5/h1H2,2-4H3. The molecule has 0 unspecified atom stereocenters. The van der Waals surface area contributed by atoms with Gasteiger partial charge in [0.25, 0.3) is 0 Å². The molecule has 0 aromatic rings. The van der Waals surface area contributed by atoms with Crippen molar-refractivity contribution in [1.82, 2.24) is 0 Å². The Morgan fingerprint density at radius 2 is 2.11 bits per heavy atom. The van der Waals surface area contributed by atoms with Crippen molar-refractivity contribution in [2.75, 3.05) is 0 Å². The minimum Gasteiger partial charge on any atom is -0.446 e. The summed E-state index contributed by atoms with van der Waals surface area (Å²) in [4.78, 5) is 4.20. The number of hydrogen-bond donors (Lipinski definition) is 0. The molecular weight excluding hydrogens is 114 g/mol. The van der Waals surface area contributed by atoms with E-state index in [1.807, 2.05) is 20.8 Å². The van der Waals surface area contributed by atoms with Crippen molar-refractivity contribution < 1.29 is 4.74 Å². The molecule has 0 spiro atoms. The van der Waals surface area contributed by atoms with Gasteiger partial charge in [-0.05, 0) is 13.8 Å². The van der Waals surface area contributed by atoms with Crippen LogP contribution in [0.1, 0.15) is 20.8 Å². The molecule has 0 amide bonds. The number of rotatable bonds is 0. The average Bonchev–Trinajstić information content (AvgIpc) is 1.79. The lowest BCUT2D eigenvalue weighted by molar-refractivity contribution is 0.382. The maximum absolute atomic E-state index is 5.13. The van der Waals surface area contributed by atoms with E-state index in [0.29, 0.717) is 5.90 Å². The van der Waals surface area contributed by atoms with Gasteiger partial charge in [0, 0.05) is 6.92 Å². The molecule has 2 nitrogen and oxygen atoms in total. The SMILES string of the molecule is C=C1OC(C)=NC1(C)C. The summed E-state index contributed by atoms with van der Waals surface area (Å²) in [6.45, 7) is 9.51. The summed E-state index contributed by atoms with van der Waals surface area (Å²) in [7, 11) is 0. The van der Waals surface area contributed by atoms with E-state index in [2.05, 4.69) is 11.6 Å². The van der Waals surface area contributed by atoms with Gasteiger partial charge in [0.2, 0.25) is 0 Å². The first-order valence-electron chi connectivity index (χ1n) is 2.96. The Bertz CT molecular complexity index is 179. The fraction of sp³-hybridized carbons (Fsp3) is 0.571. The lowest BCUT2D eigenvalue weighted by Gasteiger charge is -2.11. The average molecular weight is 125 g/mol. The summed E-state index contributed by atoms with van der Waals surface area (Å²) in [6.07, 6.45) is 0. The Hall–Kier alpha value is -0.790. The van der Waals surface area contributed by atoms with Gasteiger partial charge in [-0.2, -0.15) is 0 Å². The molecule has 0 N–H and O–H groups in total. The van der Waals surface area contributed by atoms with Crippen LogP contribution in [0.15, 0.2) is 17.3 Å². The zero-order valence-corrected chi connectivity index (χ0v) is 6.06. The molecule has 1 aliphatic rings. The predicted octanol–water partition coefficient (Wildman–Crippen LogP) is 1.73. The number of nitrogens with zero attached hydrogens (tertiary/aromatic N) is 1. The second-order valence-electron chi connectivity index (χ2n) is 2.72. The molecule has 0 saturated carbocycles. The normalized spacial score (nSPS) is 23.4. The number of aliphatic imine (C=N–C) groups is 1. The van der Waals surface area contributed by atoms with Gasteiger partial charge in [-0.25, -0.2) is 4.99 Å². The van der Waals surface area contributed by atoms with Crippen molar-refractivity contribution in [3.05, 3.63) is 12.3 Å². The van der Waals surface area contributed by atoms with Crippen LogP contribution < -0.4 is 0 Å². The van der Waals surface area contributed by atoms with Gasteiger partial charge in [0.05, 0.1) is 0 Å². The smallest absolute Gasteiger partial charge is 0.187 e. The molecule has 2 heteroatoms. The third-order valence-electron chi connectivity index (χ3n) is 1.39. The predicted molar refractivity (Wildman–Crippen MR) is 37.4 cm³/mol. The van der Waals surface area contributed by atoms with Crippen LogP contribution in [0.5, 0.6) is 0 Å². The fourth-order valence-corrected chi connectivity index (χ4v) is 0.782. The lowest BCUT2D eigenvalue weighted by atomic mass is 10.1. The van der Waals surface area contributed by atoms with E-state index in [9.17, 15) is 0 Å². The van der Waals surface area contributed by atoms with Crippen molar-refractivity contribution in [1.29, 1.82) is 0 Å². The first-order valence-corrected chi connectivity index (χ1v) is 2.96. The van der Waals surface area contributed by atoms with Gasteiger partial charge in [-0.15, -0.1) is 0 Å². The van der Waals surface area contributed by atoms with E-state index in [4.69, 9.17) is 4.74 Å². The molecule has 1 aliphatic heterocycles. The van der Waals surface area contributed by atoms with Gasteiger partial charge in [-0.1, -0.05) is 6.58 Å². The summed E-state index contributed by atoms with van der Waals surface area (Å²) in [5, 5.41) is 0. The van der Waals surface area contributed by atoms with E-state index < -0.39 is 0 Å². The van der Waals surface area contributed by atoms with E-state index >= 15 is 0 Å². The van der Waals surface area contributed by atoms with E-state index in [-0.39, 0.29) is 5.54 Å². The highest BCUT2D eigenvalue weighted by atomic mass is 16.5. The van der Waals surface area contributed by atoms with Gasteiger partial charge >= 0.3 is 0 Å². The Kier molecular flexibility index (Phi) is 1.12. The van der Waals surface area contributed by atoms with Crippen LogP contribution in [0.4, 0.5) is 0 Å². The minimum atomic E-state index is -0.204. The Morgan fingerprint density at radius 3 is 2.22 bits per heavy atom. The second-order valence-corrected chi connectivity index (χ2v) is 2.72. The molecular formula is C7H11NO. The zero-order valence-electron chi connectivity index (χ0n) is 6.06. The van der Waals surface area contributed by atoms with Crippen LogP contribution in [-0.4, -0.2) is 11.4 Å². The summed E-state index contributed by atoms with van der Waals surface area (Å²) < 4.78 is 5.13. The third-order valence-corrected chi connectivity index (χ3v) is 1.39. The second kappa shape index (κ2) is 1.59. The van der Waals surface area contributed by atoms with Gasteiger partial charge in [0.15, 0.2) is 5.90 Å². The number of ether oxygens (including phenoxy) is 1. The van der Waals surface area contributed by atoms with Crippen molar-refractivity contribution >= 4 is 5.90 Å². The lowest BCUT2D eigenvalue weighted by Crippen LogP contribution is -2.14. The van der Waals surface area contributed by atoms with Crippen molar-refractivity contribution in [2.24, 2.45) is 4.99 Å². The molecule has 0 saturated heterocycles. The Balaban J connectivity index is 2.89. The van der Waals surface area contributed by atoms with Gasteiger partial charge in [-0.3, -0.25) is 0 Å². The van der Waals surface area contributed by atoms with E-state index in [1.54, 1.807) is 0 Å². The van der Waals surface area contributed by atoms with Crippen molar-refractivity contribution in [3.8, 4) is 0 Å². The van der Waals surface area contributed by atoms with Crippen LogP contribution >= 0.6 is 0 Å². The van der Waals surface area contributed by atoms with Crippen LogP contribution in [0.3, 0.4) is 0 Å². The largest absolute Gasteiger partial charge is 0.446 e. The van der Waals surface area contributed by atoms with Gasteiger partial charge < -0.3 is 4.74 Å². The molecule has 0 aliphatic carbocycles. The summed E-state index contributed by atoms with van der Waals surface area (Å²) in [5.74, 6) is 1.45. The molecule has 1 rings (SSSR count). The first kappa shape index (κ1) is 6.33. The highest BCUT2D eigenvalue weighted by Gasteiger charge is 2.28. The monoisotopic (exact) mass is 125 g/mol. The number of hydrogen-bond acceptors (Lipinski definition) is 2. The molecule has 0 radical (unpaired) electrons. The van der Waals surface area contributed by atoms with Crippen LogP contribution in [-0.2, 0) is 4.74 Å². The van der Waals surface area contributed by atoms with Crippen molar-refractivity contribution in [3.63, 3.8) is 0 Å². The van der Waals surface area contributed by atoms with Crippen LogP contribution in [0, 0.1) is 0 Å². The molecule has 1 heterocycles. The molecule has 0 fully saturated rings. The fourth-order valence-electron chi connectivity index (χ4n) is 0.782. The summed E-state index contributed by atoms with van der Waals surface area (Å²) in [5.41, 5.74) is -0.204. The van der Waals surface area contributed by atoms with E-state index in [0.717, 1.165) is 5.76 Å². The molecule has 0 aromatic heterocycles. The van der Waals surface area contributed by atoms with Crippen molar-refractivity contribution in [2.45, 2.75) is 26.3 Å². The molecule has 0 aromatic carbocycles. The molecule has 0 atom stereocenters. The third kappa shape index (κ3) is 0.969. The zero-order chi connectivity index (χ0) is 7.07. The highest BCUT2D eigenvalue weighted by molar-refractivity contribution is 5.77. The highest BCUT2D eigenvalue weighted by Crippen LogP contribution is 2.26. The summed E-state index contributed by atoms with van der Waals surface area (Å²) >= 11 is 0. The first-order chi connectivity index (χ1) is 4.02. The maximum atomic E-state index is 5.13.